The fourth-order valence-corrected chi connectivity index (χ4v) is 4.06. The third-order valence-electron chi connectivity index (χ3n) is 5.69. The molecule has 2 aliphatic rings. The van der Waals surface area contributed by atoms with Crippen LogP contribution >= 0.6 is 0 Å². The Labute approximate surface area is 150 Å². The van der Waals surface area contributed by atoms with Crippen LogP contribution in [0.25, 0.3) is 0 Å². The highest BCUT2D eigenvalue weighted by atomic mass is 16.5. The molecule has 0 aliphatic carbocycles. The Balaban J connectivity index is 1.58. The van der Waals surface area contributed by atoms with Gasteiger partial charge in [-0.05, 0) is 19.3 Å². The topological polar surface area (TPSA) is 65.7 Å². The summed E-state index contributed by atoms with van der Waals surface area (Å²) in [4.78, 5) is 23.0. The summed E-state index contributed by atoms with van der Waals surface area (Å²) in [6, 6.07) is 0.693. The van der Waals surface area contributed by atoms with Gasteiger partial charge in [-0.1, -0.05) is 19.0 Å². The molecule has 7 nitrogen and oxygen atoms in total. The van der Waals surface area contributed by atoms with Crippen molar-refractivity contribution in [1.29, 1.82) is 0 Å². The van der Waals surface area contributed by atoms with Gasteiger partial charge in [0, 0.05) is 58.7 Å². The number of hydrogen-bond acceptors (Lipinski definition) is 6. The Hall–Kier alpha value is -1.47. The van der Waals surface area contributed by atoms with Gasteiger partial charge >= 0.3 is 0 Å². The van der Waals surface area contributed by atoms with Crippen molar-refractivity contribution in [1.82, 2.24) is 24.8 Å². The third-order valence-corrected chi connectivity index (χ3v) is 5.69. The van der Waals surface area contributed by atoms with Gasteiger partial charge in [0.05, 0.1) is 6.04 Å². The second-order valence-electron chi connectivity index (χ2n) is 7.52. The number of piperazine rings is 1. The van der Waals surface area contributed by atoms with Gasteiger partial charge in [0.2, 0.25) is 11.8 Å². The smallest absolute Gasteiger partial charge is 0.243 e. The third kappa shape index (κ3) is 4.03. The van der Waals surface area contributed by atoms with E-state index < -0.39 is 0 Å². The fraction of sp³-hybridized carbons (Fsp3) is 0.833. The predicted molar refractivity (Wildman–Crippen MR) is 95.1 cm³/mol. The van der Waals surface area contributed by atoms with E-state index in [0.717, 1.165) is 63.8 Å². The molecule has 25 heavy (non-hydrogen) atoms. The Morgan fingerprint density at radius 3 is 2.64 bits per heavy atom. The lowest BCUT2D eigenvalue weighted by Crippen LogP contribution is -2.53. The molecule has 2 aliphatic heterocycles. The molecule has 1 aromatic heterocycles. The maximum absolute atomic E-state index is 11.5. The number of likely N-dealkylation sites (tertiary alicyclic amines) is 1. The zero-order chi connectivity index (χ0) is 18.0. The van der Waals surface area contributed by atoms with Gasteiger partial charge in [0.1, 0.15) is 0 Å². The van der Waals surface area contributed by atoms with E-state index in [0.29, 0.717) is 12.0 Å². The van der Waals surface area contributed by atoms with Gasteiger partial charge in [-0.2, -0.15) is 4.98 Å². The minimum atomic E-state index is 0.157. The van der Waals surface area contributed by atoms with Crippen LogP contribution in [-0.2, 0) is 11.2 Å². The highest BCUT2D eigenvalue weighted by Crippen LogP contribution is 2.29. The Morgan fingerprint density at radius 2 is 2.00 bits per heavy atom. The van der Waals surface area contributed by atoms with E-state index in [-0.39, 0.29) is 11.9 Å². The second kappa shape index (κ2) is 7.83. The summed E-state index contributed by atoms with van der Waals surface area (Å²) in [6.07, 6.45) is 1.90. The second-order valence-corrected chi connectivity index (χ2v) is 7.52. The molecule has 0 aromatic carbocycles. The van der Waals surface area contributed by atoms with E-state index in [1.807, 2.05) is 4.90 Å². The van der Waals surface area contributed by atoms with E-state index >= 15 is 0 Å². The molecule has 0 bridgehead atoms. The average molecular weight is 349 g/mol. The molecule has 0 saturated carbocycles. The lowest BCUT2D eigenvalue weighted by atomic mass is 10.0. The lowest BCUT2D eigenvalue weighted by molar-refractivity contribution is -0.130. The zero-order valence-electron chi connectivity index (χ0n) is 15.9. The molecule has 7 heteroatoms. The normalized spacial score (nSPS) is 27.0. The monoisotopic (exact) mass is 349 g/mol. The molecule has 0 N–H and O–H groups in total. The minimum Gasteiger partial charge on any atom is -0.340 e. The number of hydrogen-bond donors (Lipinski definition) is 0. The summed E-state index contributed by atoms with van der Waals surface area (Å²) in [6.45, 7) is 14.0. The summed E-state index contributed by atoms with van der Waals surface area (Å²) in [5.74, 6) is 2.34. The Bertz CT molecular complexity index is 582. The summed E-state index contributed by atoms with van der Waals surface area (Å²) in [5, 5.41) is 4.09. The van der Waals surface area contributed by atoms with Crippen molar-refractivity contribution < 1.29 is 9.32 Å². The highest BCUT2D eigenvalue weighted by Gasteiger charge is 2.38. The molecule has 2 fully saturated rings. The number of carbonyl (C=O) groups excluding carboxylic acids is 1. The number of aryl methyl sites for hydroxylation is 1. The summed E-state index contributed by atoms with van der Waals surface area (Å²) < 4.78 is 5.49. The molecule has 0 radical (unpaired) electrons. The van der Waals surface area contributed by atoms with E-state index in [9.17, 15) is 4.79 Å². The summed E-state index contributed by atoms with van der Waals surface area (Å²) in [7, 11) is 0. The van der Waals surface area contributed by atoms with Crippen LogP contribution in [0.3, 0.4) is 0 Å². The van der Waals surface area contributed by atoms with E-state index in [2.05, 4.69) is 40.7 Å². The quantitative estimate of drug-likeness (QED) is 0.804. The van der Waals surface area contributed by atoms with Crippen LogP contribution < -0.4 is 0 Å². The molecular weight excluding hydrogens is 318 g/mol. The fourth-order valence-electron chi connectivity index (χ4n) is 4.06. The van der Waals surface area contributed by atoms with Gasteiger partial charge < -0.3 is 9.42 Å². The lowest BCUT2D eigenvalue weighted by Gasteiger charge is -2.39. The molecule has 3 heterocycles. The van der Waals surface area contributed by atoms with Gasteiger partial charge in [-0.3, -0.25) is 14.6 Å². The number of amides is 1. The van der Waals surface area contributed by atoms with E-state index in [4.69, 9.17) is 4.52 Å². The first-order valence-electron chi connectivity index (χ1n) is 9.55. The molecule has 0 spiro atoms. The molecular formula is C18H31N5O2. The van der Waals surface area contributed by atoms with Crippen molar-refractivity contribution in [3.63, 3.8) is 0 Å². The molecule has 3 atom stereocenters. The summed E-state index contributed by atoms with van der Waals surface area (Å²) >= 11 is 0. The van der Waals surface area contributed by atoms with Gasteiger partial charge in [-0.25, -0.2) is 0 Å². The number of carbonyl (C=O) groups is 1. The zero-order valence-corrected chi connectivity index (χ0v) is 15.9. The predicted octanol–water partition coefficient (Wildman–Crippen LogP) is 1.57. The van der Waals surface area contributed by atoms with Gasteiger partial charge in [0.15, 0.2) is 5.82 Å². The molecule has 0 unspecified atom stereocenters. The van der Waals surface area contributed by atoms with Crippen LogP contribution in [0.1, 0.15) is 51.9 Å². The molecule has 3 rings (SSSR count). The van der Waals surface area contributed by atoms with Crippen molar-refractivity contribution in [2.24, 2.45) is 5.92 Å². The van der Waals surface area contributed by atoms with Crippen molar-refractivity contribution in [2.75, 3.05) is 39.3 Å². The first-order chi connectivity index (χ1) is 12.0. The van der Waals surface area contributed by atoms with Crippen molar-refractivity contribution in [2.45, 2.75) is 52.6 Å². The molecule has 140 valence electrons. The largest absolute Gasteiger partial charge is 0.340 e. The van der Waals surface area contributed by atoms with Crippen molar-refractivity contribution in [3.8, 4) is 0 Å². The molecule has 1 amide bonds. The Morgan fingerprint density at radius 1 is 1.28 bits per heavy atom. The van der Waals surface area contributed by atoms with Gasteiger partial charge in [0.25, 0.3) is 0 Å². The number of nitrogens with zero attached hydrogens (tertiary/aromatic N) is 5. The van der Waals surface area contributed by atoms with Crippen molar-refractivity contribution >= 4 is 5.91 Å². The van der Waals surface area contributed by atoms with Crippen LogP contribution in [0.5, 0.6) is 0 Å². The SMILES string of the molecule is CCCc1noc([C@H](C)N2C[C@@H](N3CCN(C(C)=O)CC3)[C@@H](C)C2)n1. The molecule has 2 saturated heterocycles. The van der Waals surface area contributed by atoms with Crippen LogP contribution in [-0.4, -0.2) is 76.1 Å². The van der Waals surface area contributed by atoms with Crippen LogP contribution in [0.2, 0.25) is 0 Å². The van der Waals surface area contributed by atoms with Crippen LogP contribution in [0.15, 0.2) is 4.52 Å². The number of rotatable bonds is 5. The number of aromatic nitrogens is 2. The molecule has 1 aromatic rings. The van der Waals surface area contributed by atoms with Crippen molar-refractivity contribution in [3.05, 3.63) is 11.7 Å². The summed E-state index contributed by atoms with van der Waals surface area (Å²) in [5.41, 5.74) is 0. The van der Waals surface area contributed by atoms with Crippen LogP contribution in [0, 0.1) is 5.92 Å². The van der Waals surface area contributed by atoms with Gasteiger partial charge in [-0.15, -0.1) is 0 Å². The van der Waals surface area contributed by atoms with E-state index in [1.165, 1.54) is 0 Å². The standard InChI is InChI=1S/C18H31N5O2/c1-5-6-17-19-18(25-20-17)14(3)23-11-13(2)16(12-23)22-9-7-21(8-10-22)15(4)24/h13-14,16H,5-12H2,1-4H3/t13-,14-,16+/m0/s1. The maximum atomic E-state index is 11.5. The highest BCUT2D eigenvalue weighted by molar-refractivity contribution is 5.73. The average Bonchev–Trinajstić information content (AvgIpc) is 3.21. The minimum absolute atomic E-state index is 0.157. The first kappa shape index (κ1) is 18.3. The first-order valence-corrected chi connectivity index (χ1v) is 9.55. The van der Waals surface area contributed by atoms with E-state index in [1.54, 1.807) is 6.92 Å². The Kier molecular flexibility index (Phi) is 5.74. The maximum Gasteiger partial charge on any atom is 0.243 e. The van der Waals surface area contributed by atoms with Crippen LogP contribution in [0.4, 0.5) is 0 Å².